The first-order valence-corrected chi connectivity index (χ1v) is 5.26. The fraction of sp³-hybridized carbons (Fsp3) is 0.667. The maximum absolute atomic E-state index is 13.2. The van der Waals surface area contributed by atoms with E-state index >= 15 is 0 Å². The smallest absolute Gasteiger partial charge is 0.106 e. The molecule has 1 unspecified atom stereocenters. The third-order valence-electron chi connectivity index (χ3n) is 2.28. The van der Waals surface area contributed by atoms with Crippen molar-refractivity contribution in [1.29, 1.82) is 0 Å². The molecule has 1 nitrogen and oxygen atoms in total. The first-order valence-electron chi connectivity index (χ1n) is 5.26. The minimum absolute atomic E-state index is 0.0422. The van der Waals surface area contributed by atoms with Gasteiger partial charge in [0, 0.05) is 25.7 Å². The van der Waals surface area contributed by atoms with Crippen LogP contribution >= 0.6 is 0 Å². The monoisotopic (exact) mass is 199 g/mol. The Kier molecular flexibility index (Phi) is 5.51. The Morgan fingerprint density at radius 3 is 2.21 bits per heavy atom. The van der Waals surface area contributed by atoms with Crippen molar-refractivity contribution in [2.45, 2.75) is 34.1 Å². The van der Waals surface area contributed by atoms with Gasteiger partial charge in [-0.2, -0.15) is 0 Å². The van der Waals surface area contributed by atoms with Gasteiger partial charge in [0.25, 0.3) is 0 Å². The van der Waals surface area contributed by atoms with Crippen LogP contribution < -0.4 is 0 Å². The fourth-order valence-electron chi connectivity index (χ4n) is 1.48. The standard InChI is InChI=1S/C10H16FN.C2H6/c1-7-5-9(12(3)4)6-8(2)10(7)11;1-2/h5,8H,6H2,1-4H3;1-2H3. The molecule has 0 fully saturated rings. The Morgan fingerprint density at radius 2 is 1.86 bits per heavy atom. The van der Waals surface area contributed by atoms with E-state index in [9.17, 15) is 4.39 Å². The van der Waals surface area contributed by atoms with E-state index in [-0.39, 0.29) is 11.7 Å². The molecule has 1 aliphatic carbocycles. The van der Waals surface area contributed by atoms with Crippen LogP contribution in [0.2, 0.25) is 0 Å². The zero-order valence-electron chi connectivity index (χ0n) is 10.2. The Hall–Kier alpha value is -0.790. The van der Waals surface area contributed by atoms with Crippen LogP contribution in [0, 0.1) is 5.92 Å². The highest BCUT2D eigenvalue weighted by molar-refractivity contribution is 5.29. The SMILES string of the molecule is CC.CC1=C(F)C(C)CC(N(C)C)=C1. The molecule has 0 aromatic heterocycles. The molecule has 0 aliphatic heterocycles. The van der Waals surface area contributed by atoms with Gasteiger partial charge < -0.3 is 4.90 Å². The van der Waals surface area contributed by atoms with E-state index in [1.165, 1.54) is 5.70 Å². The van der Waals surface area contributed by atoms with Gasteiger partial charge in [-0.15, -0.1) is 0 Å². The minimum Gasteiger partial charge on any atom is -0.381 e. The topological polar surface area (TPSA) is 3.24 Å². The van der Waals surface area contributed by atoms with Crippen LogP contribution in [-0.4, -0.2) is 19.0 Å². The second-order valence-electron chi connectivity index (χ2n) is 3.67. The lowest BCUT2D eigenvalue weighted by atomic mass is 9.94. The molecule has 0 N–H and O–H groups in total. The summed E-state index contributed by atoms with van der Waals surface area (Å²) in [5.74, 6) is 0.0907. The second-order valence-corrected chi connectivity index (χ2v) is 3.67. The zero-order valence-corrected chi connectivity index (χ0v) is 10.2. The summed E-state index contributed by atoms with van der Waals surface area (Å²) in [7, 11) is 3.99. The largest absolute Gasteiger partial charge is 0.381 e. The number of hydrogen-bond donors (Lipinski definition) is 0. The number of hydrogen-bond acceptors (Lipinski definition) is 1. The molecule has 1 aliphatic rings. The van der Waals surface area contributed by atoms with Crippen molar-refractivity contribution < 1.29 is 4.39 Å². The molecular weight excluding hydrogens is 177 g/mol. The molecule has 82 valence electrons. The van der Waals surface area contributed by atoms with E-state index in [4.69, 9.17) is 0 Å². The summed E-state index contributed by atoms with van der Waals surface area (Å²) >= 11 is 0. The third kappa shape index (κ3) is 3.17. The molecule has 0 amide bonds. The lowest BCUT2D eigenvalue weighted by Gasteiger charge is -2.24. The molecule has 0 aromatic rings. The van der Waals surface area contributed by atoms with Gasteiger partial charge in [-0.1, -0.05) is 20.8 Å². The third-order valence-corrected chi connectivity index (χ3v) is 2.28. The van der Waals surface area contributed by atoms with Crippen molar-refractivity contribution >= 4 is 0 Å². The van der Waals surface area contributed by atoms with Gasteiger partial charge in [-0.25, -0.2) is 4.39 Å². The highest BCUT2D eigenvalue weighted by Gasteiger charge is 2.18. The first kappa shape index (κ1) is 13.2. The molecule has 1 rings (SSSR count). The molecule has 2 heteroatoms. The van der Waals surface area contributed by atoms with Crippen LogP contribution in [-0.2, 0) is 0 Å². The number of nitrogens with zero attached hydrogens (tertiary/aromatic N) is 1. The van der Waals surface area contributed by atoms with Crippen molar-refractivity contribution in [3.8, 4) is 0 Å². The maximum atomic E-state index is 13.2. The lowest BCUT2D eigenvalue weighted by Crippen LogP contribution is -2.17. The lowest BCUT2D eigenvalue weighted by molar-refractivity contribution is 0.409. The number of rotatable bonds is 1. The summed E-state index contributed by atoms with van der Waals surface area (Å²) in [5.41, 5.74) is 1.99. The van der Waals surface area contributed by atoms with Crippen molar-refractivity contribution in [1.82, 2.24) is 4.90 Å². The Morgan fingerprint density at radius 1 is 1.36 bits per heavy atom. The van der Waals surface area contributed by atoms with Gasteiger partial charge in [0.15, 0.2) is 0 Å². The van der Waals surface area contributed by atoms with Crippen molar-refractivity contribution in [3.05, 3.63) is 23.2 Å². The molecular formula is C12H22FN. The summed E-state index contributed by atoms with van der Waals surface area (Å²) in [5, 5.41) is 0. The van der Waals surface area contributed by atoms with Gasteiger partial charge in [0.1, 0.15) is 5.83 Å². The molecule has 0 bridgehead atoms. The predicted molar refractivity (Wildman–Crippen MR) is 60.7 cm³/mol. The van der Waals surface area contributed by atoms with E-state index in [2.05, 4.69) is 0 Å². The molecule has 0 spiro atoms. The summed E-state index contributed by atoms with van der Waals surface area (Å²) < 4.78 is 13.2. The van der Waals surface area contributed by atoms with E-state index in [0.29, 0.717) is 0 Å². The molecule has 0 aromatic carbocycles. The van der Waals surface area contributed by atoms with Crippen LogP contribution in [0.15, 0.2) is 23.2 Å². The zero-order chi connectivity index (χ0) is 11.3. The van der Waals surface area contributed by atoms with Crippen LogP contribution in [0.3, 0.4) is 0 Å². The average molecular weight is 199 g/mol. The van der Waals surface area contributed by atoms with Gasteiger partial charge in [0.05, 0.1) is 0 Å². The Bertz CT molecular complexity index is 239. The Balaban J connectivity index is 0.000000791. The molecule has 0 heterocycles. The molecule has 0 radical (unpaired) electrons. The summed E-state index contributed by atoms with van der Waals surface area (Å²) in [6.45, 7) is 7.75. The quantitative estimate of drug-likeness (QED) is 0.622. The van der Waals surface area contributed by atoms with Gasteiger partial charge in [-0.05, 0) is 25.0 Å². The van der Waals surface area contributed by atoms with Gasteiger partial charge >= 0.3 is 0 Å². The van der Waals surface area contributed by atoms with Crippen LogP contribution in [0.25, 0.3) is 0 Å². The van der Waals surface area contributed by atoms with Crippen molar-refractivity contribution in [2.24, 2.45) is 5.92 Å². The van der Waals surface area contributed by atoms with E-state index < -0.39 is 0 Å². The van der Waals surface area contributed by atoms with Crippen molar-refractivity contribution in [3.63, 3.8) is 0 Å². The summed E-state index contributed by atoms with van der Waals surface area (Å²) in [4.78, 5) is 2.05. The van der Waals surface area contributed by atoms with E-state index in [0.717, 1.165) is 12.0 Å². The van der Waals surface area contributed by atoms with Crippen LogP contribution in [0.4, 0.5) is 4.39 Å². The maximum Gasteiger partial charge on any atom is 0.106 e. The normalized spacial score (nSPS) is 21.1. The fourth-order valence-corrected chi connectivity index (χ4v) is 1.48. The van der Waals surface area contributed by atoms with Crippen LogP contribution in [0.1, 0.15) is 34.1 Å². The average Bonchev–Trinajstić information content (AvgIpc) is 2.16. The highest BCUT2D eigenvalue weighted by Crippen LogP contribution is 2.30. The second kappa shape index (κ2) is 5.84. The molecule has 1 atom stereocenters. The minimum atomic E-state index is 0.0422. The van der Waals surface area contributed by atoms with Gasteiger partial charge in [0.2, 0.25) is 0 Å². The summed E-state index contributed by atoms with van der Waals surface area (Å²) in [6.07, 6.45) is 2.74. The van der Waals surface area contributed by atoms with Crippen LogP contribution in [0.5, 0.6) is 0 Å². The molecule has 14 heavy (non-hydrogen) atoms. The number of halogens is 1. The van der Waals surface area contributed by atoms with E-state index in [1.807, 2.05) is 52.8 Å². The molecule has 0 saturated heterocycles. The first-order chi connectivity index (χ1) is 6.52. The predicted octanol–water partition coefficient (Wildman–Crippen LogP) is 3.74. The molecule has 0 saturated carbocycles. The van der Waals surface area contributed by atoms with E-state index in [1.54, 1.807) is 0 Å². The van der Waals surface area contributed by atoms with Gasteiger partial charge in [-0.3, -0.25) is 0 Å². The number of allylic oxidation sites excluding steroid dienone is 4. The Labute approximate surface area is 87.3 Å². The highest BCUT2D eigenvalue weighted by atomic mass is 19.1. The summed E-state index contributed by atoms with van der Waals surface area (Å²) in [6, 6.07) is 0. The van der Waals surface area contributed by atoms with Crippen molar-refractivity contribution in [2.75, 3.05) is 14.1 Å².